The summed E-state index contributed by atoms with van der Waals surface area (Å²) < 4.78 is 0. The van der Waals surface area contributed by atoms with Gasteiger partial charge in [0.2, 0.25) is 5.91 Å². The summed E-state index contributed by atoms with van der Waals surface area (Å²) in [5.74, 6) is 0.516. The number of hydrogen-bond acceptors (Lipinski definition) is 4. The predicted octanol–water partition coefficient (Wildman–Crippen LogP) is 2.62. The van der Waals surface area contributed by atoms with Crippen LogP contribution in [-0.4, -0.2) is 23.4 Å². The Morgan fingerprint density at radius 3 is 2.90 bits per heavy atom. The lowest BCUT2D eigenvalue weighted by Gasteiger charge is -2.28. The van der Waals surface area contributed by atoms with Crippen LogP contribution in [0.1, 0.15) is 31.7 Å². The lowest BCUT2D eigenvalue weighted by atomic mass is 9.90. The molecule has 6 nitrogen and oxygen atoms in total. The second kappa shape index (κ2) is 6.67. The molecule has 114 valence electrons. The highest BCUT2D eigenvalue weighted by Crippen LogP contribution is 2.23. The van der Waals surface area contributed by atoms with Crippen LogP contribution in [0, 0.1) is 23.0 Å². The van der Waals surface area contributed by atoms with Gasteiger partial charge in [0.15, 0.2) is 0 Å². The molecule has 1 heterocycles. The Hall–Kier alpha value is -1.95. The average molecular weight is 291 g/mol. The minimum absolute atomic E-state index is 0.0647. The van der Waals surface area contributed by atoms with Gasteiger partial charge in [-0.2, -0.15) is 0 Å². The monoisotopic (exact) mass is 291 g/mol. The number of hydrogen-bond donors (Lipinski definition) is 2. The van der Waals surface area contributed by atoms with E-state index in [-0.39, 0.29) is 17.6 Å². The van der Waals surface area contributed by atoms with Gasteiger partial charge < -0.3 is 10.6 Å². The minimum atomic E-state index is -0.421. The van der Waals surface area contributed by atoms with E-state index in [4.69, 9.17) is 0 Å². The molecule has 1 aliphatic heterocycles. The van der Waals surface area contributed by atoms with Gasteiger partial charge in [0.1, 0.15) is 0 Å². The summed E-state index contributed by atoms with van der Waals surface area (Å²) >= 11 is 0. The van der Waals surface area contributed by atoms with Crippen molar-refractivity contribution in [1.82, 2.24) is 5.32 Å². The van der Waals surface area contributed by atoms with Gasteiger partial charge in [0.05, 0.1) is 11.0 Å². The highest BCUT2D eigenvalue weighted by Gasteiger charge is 2.26. The third-order valence-electron chi connectivity index (χ3n) is 4.07. The van der Waals surface area contributed by atoms with E-state index in [2.05, 4.69) is 17.6 Å². The largest absolute Gasteiger partial charge is 0.325 e. The summed E-state index contributed by atoms with van der Waals surface area (Å²) in [6.45, 7) is 4.67. The fourth-order valence-corrected chi connectivity index (χ4v) is 2.73. The Labute approximate surface area is 124 Å². The van der Waals surface area contributed by atoms with E-state index in [1.807, 2.05) is 0 Å². The van der Waals surface area contributed by atoms with Crippen molar-refractivity contribution >= 4 is 17.3 Å². The van der Waals surface area contributed by atoms with Gasteiger partial charge in [-0.05, 0) is 44.4 Å². The number of rotatable bonds is 4. The highest BCUT2D eigenvalue weighted by molar-refractivity contribution is 5.95. The van der Waals surface area contributed by atoms with E-state index in [0.29, 0.717) is 17.2 Å². The van der Waals surface area contributed by atoms with Crippen molar-refractivity contribution in [3.63, 3.8) is 0 Å². The van der Waals surface area contributed by atoms with Gasteiger partial charge >= 0.3 is 0 Å². The number of aryl methyl sites for hydroxylation is 1. The number of carbonyl (C=O) groups is 1. The molecule has 0 spiro atoms. The summed E-state index contributed by atoms with van der Waals surface area (Å²) in [5.41, 5.74) is 1.21. The van der Waals surface area contributed by atoms with E-state index < -0.39 is 4.92 Å². The lowest BCUT2D eigenvalue weighted by molar-refractivity contribution is -0.385. The predicted molar refractivity (Wildman–Crippen MR) is 81.3 cm³/mol. The lowest BCUT2D eigenvalue weighted by Crippen LogP contribution is -2.46. The van der Waals surface area contributed by atoms with Crippen LogP contribution in [-0.2, 0) is 4.79 Å². The number of anilines is 1. The summed E-state index contributed by atoms with van der Waals surface area (Å²) in [4.78, 5) is 22.6. The number of amides is 1. The average Bonchev–Trinajstić information content (AvgIpc) is 2.47. The van der Waals surface area contributed by atoms with Crippen LogP contribution >= 0.6 is 0 Å². The maximum absolute atomic E-state index is 12.3. The van der Waals surface area contributed by atoms with Gasteiger partial charge in [-0.3, -0.25) is 14.9 Å². The molecule has 6 heteroatoms. The molecule has 1 amide bonds. The molecule has 1 saturated heterocycles. The van der Waals surface area contributed by atoms with Gasteiger partial charge in [0.25, 0.3) is 5.69 Å². The van der Waals surface area contributed by atoms with Crippen molar-refractivity contribution < 1.29 is 9.72 Å². The van der Waals surface area contributed by atoms with Crippen LogP contribution in [0.25, 0.3) is 0 Å². The molecule has 1 fully saturated rings. The SMILES string of the molecule is CCC1CCNC(C(=O)Nc2ccc([N+](=O)[O-])c(C)c2)C1. The van der Waals surface area contributed by atoms with Crippen molar-refractivity contribution in [2.24, 2.45) is 5.92 Å². The quantitative estimate of drug-likeness (QED) is 0.659. The number of nitro benzene ring substituents is 1. The zero-order chi connectivity index (χ0) is 15.4. The Morgan fingerprint density at radius 2 is 2.29 bits per heavy atom. The molecule has 1 aliphatic rings. The minimum Gasteiger partial charge on any atom is -0.325 e. The first-order valence-electron chi connectivity index (χ1n) is 7.30. The number of nitrogens with zero attached hydrogens (tertiary/aromatic N) is 1. The number of nitrogens with one attached hydrogen (secondary N) is 2. The molecule has 0 bridgehead atoms. The maximum Gasteiger partial charge on any atom is 0.272 e. The van der Waals surface area contributed by atoms with E-state index >= 15 is 0 Å². The van der Waals surface area contributed by atoms with Gasteiger partial charge in [0, 0.05) is 17.3 Å². The molecule has 0 saturated carbocycles. The molecule has 0 aromatic heterocycles. The molecule has 21 heavy (non-hydrogen) atoms. The topological polar surface area (TPSA) is 84.3 Å². The fraction of sp³-hybridized carbons (Fsp3) is 0.533. The van der Waals surface area contributed by atoms with E-state index in [9.17, 15) is 14.9 Å². The zero-order valence-corrected chi connectivity index (χ0v) is 12.4. The van der Waals surface area contributed by atoms with Crippen LogP contribution in [0.15, 0.2) is 18.2 Å². The molecule has 1 aromatic rings. The van der Waals surface area contributed by atoms with Crippen molar-refractivity contribution in [2.75, 3.05) is 11.9 Å². The van der Waals surface area contributed by atoms with Crippen LogP contribution in [0.2, 0.25) is 0 Å². The first-order chi connectivity index (χ1) is 10.0. The summed E-state index contributed by atoms with van der Waals surface area (Å²) in [7, 11) is 0. The Morgan fingerprint density at radius 1 is 1.52 bits per heavy atom. The molecule has 2 atom stereocenters. The van der Waals surface area contributed by atoms with E-state index in [1.165, 1.54) is 6.07 Å². The van der Waals surface area contributed by atoms with Crippen molar-refractivity contribution in [2.45, 2.75) is 39.2 Å². The summed E-state index contributed by atoms with van der Waals surface area (Å²) in [6, 6.07) is 4.45. The van der Waals surface area contributed by atoms with Crippen LogP contribution in [0.4, 0.5) is 11.4 Å². The maximum atomic E-state index is 12.3. The van der Waals surface area contributed by atoms with E-state index in [1.54, 1.807) is 19.1 Å². The molecule has 0 aliphatic carbocycles. The van der Waals surface area contributed by atoms with Crippen LogP contribution < -0.4 is 10.6 Å². The second-order valence-corrected chi connectivity index (χ2v) is 5.55. The molecular formula is C15H21N3O3. The van der Waals surface area contributed by atoms with E-state index in [0.717, 1.165) is 25.8 Å². The Balaban J connectivity index is 2.02. The molecule has 0 radical (unpaired) electrons. The number of benzene rings is 1. The number of nitro groups is 1. The Bertz CT molecular complexity index is 545. The van der Waals surface area contributed by atoms with Crippen molar-refractivity contribution in [3.05, 3.63) is 33.9 Å². The molecule has 2 unspecified atom stereocenters. The van der Waals surface area contributed by atoms with Crippen LogP contribution in [0.5, 0.6) is 0 Å². The Kier molecular flexibility index (Phi) is 4.90. The first-order valence-corrected chi connectivity index (χ1v) is 7.30. The smallest absolute Gasteiger partial charge is 0.272 e. The third kappa shape index (κ3) is 3.78. The molecule has 2 rings (SSSR count). The van der Waals surface area contributed by atoms with Gasteiger partial charge in [-0.15, -0.1) is 0 Å². The highest BCUT2D eigenvalue weighted by atomic mass is 16.6. The molecular weight excluding hydrogens is 270 g/mol. The fourth-order valence-electron chi connectivity index (χ4n) is 2.73. The second-order valence-electron chi connectivity index (χ2n) is 5.55. The summed E-state index contributed by atoms with van der Waals surface area (Å²) in [6.07, 6.45) is 3.04. The standard InChI is InChI=1S/C15H21N3O3/c1-3-11-6-7-16-13(9-11)15(19)17-12-4-5-14(18(20)21)10(2)8-12/h4-5,8,11,13,16H,3,6-7,9H2,1-2H3,(H,17,19). The molecule has 1 aromatic carbocycles. The number of piperidine rings is 1. The first kappa shape index (κ1) is 15.4. The number of carbonyl (C=O) groups excluding carboxylic acids is 1. The zero-order valence-electron chi connectivity index (χ0n) is 12.4. The van der Waals surface area contributed by atoms with Crippen molar-refractivity contribution in [1.29, 1.82) is 0 Å². The third-order valence-corrected chi connectivity index (χ3v) is 4.07. The molecule has 2 N–H and O–H groups in total. The van der Waals surface area contributed by atoms with Gasteiger partial charge in [-0.25, -0.2) is 0 Å². The van der Waals surface area contributed by atoms with Crippen LogP contribution in [0.3, 0.4) is 0 Å². The van der Waals surface area contributed by atoms with Gasteiger partial charge in [-0.1, -0.05) is 13.3 Å². The van der Waals surface area contributed by atoms with Crippen molar-refractivity contribution in [3.8, 4) is 0 Å². The summed E-state index contributed by atoms with van der Waals surface area (Å²) in [5, 5.41) is 16.8. The normalized spacial score (nSPS) is 21.8.